The minimum Gasteiger partial charge on any atom is -0.497 e. The lowest BCUT2D eigenvalue weighted by atomic mass is 10.1. The maximum absolute atomic E-state index is 12.7. The van der Waals surface area contributed by atoms with Gasteiger partial charge in [-0.05, 0) is 42.8 Å². The monoisotopic (exact) mass is 415 g/mol. The lowest BCUT2D eigenvalue weighted by molar-refractivity contribution is 0.0318. The van der Waals surface area contributed by atoms with Crippen molar-refractivity contribution in [3.63, 3.8) is 0 Å². The summed E-state index contributed by atoms with van der Waals surface area (Å²) in [5.74, 6) is 1.57. The molecule has 1 aliphatic heterocycles. The van der Waals surface area contributed by atoms with Crippen LogP contribution in [-0.2, 0) is 10.5 Å². The van der Waals surface area contributed by atoms with Crippen LogP contribution in [0.4, 0.5) is 0 Å². The van der Waals surface area contributed by atoms with Crippen LogP contribution in [0.2, 0.25) is 0 Å². The molecule has 7 heteroatoms. The first-order chi connectivity index (χ1) is 13.6. The third-order valence-electron chi connectivity index (χ3n) is 4.17. The minimum absolute atomic E-state index is 0.250. The fraction of sp³-hybridized carbons (Fsp3) is 0.286. The van der Waals surface area contributed by atoms with E-state index >= 15 is 0 Å². The average Bonchev–Trinajstić information content (AvgIpc) is 3.25. The van der Waals surface area contributed by atoms with Gasteiger partial charge < -0.3 is 9.47 Å². The van der Waals surface area contributed by atoms with Crippen LogP contribution >= 0.6 is 23.5 Å². The molecule has 2 aromatic rings. The number of carbonyl (C=O) groups is 2. The quantitative estimate of drug-likeness (QED) is 0.491. The van der Waals surface area contributed by atoms with Gasteiger partial charge in [-0.2, -0.15) is 0 Å². The Balaban J connectivity index is 1.65. The molecule has 5 nitrogen and oxygen atoms in total. The smallest absolute Gasteiger partial charge is 0.339 e. The summed E-state index contributed by atoms with van der Waals surface area (Å²) in [5.41, 5.74) is 1.82. The molecule has 28 heavy (non-hydrogen) atoms. The maximum Gasteiger partial charge on any atom is 0.339 e. The third kappa shape index (κ3) is 5.17. The Morgan fingerprint density at radius 3 is 2.61 bits per heavy atom. The van der Waals surface area contributed by atoms with Crippen LogP contribution in [0, 0.1) is 0 Å². The highest BCUT2D eigenvalue weighted by Gasteiger charge is 2.22. The number of ketones is 1. The highest BCUT2D eigenvalue weighted by molar-refractivity contribution is 8.38. The molecular weight excluding hydrogens is 394 g/mol. The number of aliphatic imine (C=N–C) groups is 1. The number of ether oxygens (including phenoxy) is 2. The van der Waals surface area contributed by atoms with Gasteiger partial charge in [-0.1, -0.05) is 41.7 Å². The largest absolute Gasteiger partial charge is 0.497 e. The second kappa shape index (κ2) is 9.80. The van der Waals surface area contributed by atoms with Gasteiger partial charge in [0.05, 0.1) is 19.2 Å². The summed E-state index contributed by atoms with van der Waals surface area (Å²) in [6, 6.07) is 14.1. The molecule has 0 amide bonds. The summed E-state index contributed by atoms with van der Waals surface area (Å²) in [5, 5.41) is 0. The van der Waals surface area contributed by atoms with Crippen LogP contribution in [0.25, 0.3) is 0 Å². The first kappa shape index (κ1) is 20.5. The third-order valence-corrected chi connectivity index (χ3v) is 6.47. The van der Waals surface area contributed by atoms with Crippen LogP contribution in [0.1, 0.15) is 33.2 Å². The van der Waals surface area contributed by atoms with Gasteiger partial charge in [0, 0.05) is 17.1 Å². The van der Waals surface area contributed by atoms with E-state index in [1.807, 2.05) is 12.1 Å². The zero-order valence-corrected chi connectivity index (χ0v) is 17.3. The number of nitrogens with zero attached hydrogens (tertiary/aromatic N) is 1. The molecule has 3 rings (SSSR count). The van der Waals surface area contributed by atoms with Crippen LogP contribution in [-0.4, -0.2) is 41.6 Å². The summed E-state index contributed by atoms with van der Waals surface area (Å²) < 4.78 is 11.6. The van der Waals surface area contributed by atoms with Crippen molar-refractivity contribution in [3.8, 4) is 5.75 Å². The van der Waals surface area contributed by atoms with Gasteiger partial charge in [-0.25, -0.2) is 4.79 Å². The highest BCUT2D eigenvalue weighted by atomic mass is 32.2. The van der Waals surface area contributed by atoms with Crippen LogP contribution < -0.4 is 4.74 Å². The molecule has 0 fully saturated rings. The lowest BCUT2D eigenvalue weighted by Crippen LogP contribution is -2.25. The molecular formula is C21H21NO4S2. The summed E-state index contributed by atoms with van der Waals surface area (Å²) in [6.07, 6.45) is -0.878. The molecule has 0 saturated heterocycles. The molecule has 1 heterocycles. The Morgan fingerprint density at radius 1 is 1.18 bits per heavy atom. The van der Waals surface area contributed by atoms with Gasteiger partial charge in [-0.15, -0.1) is 0 Å². The molecule has 0 radical (unpaired) electrons. The number of hydrogen-bond donors (Lipinski definition) is 0. The van der Waals surface area contributed by atoms with Crippen molar-refractivity contribution in [1.29, 1.82) is 0 Å². The molecule has 0 aliphatic carbocycles. The summed E-state index contributed by atoms with van der Waals surface area (Å²) >= 11 is 3.35. The fourth-order valence-electron chi connectivity index (χ4n) is 2.66. The van der Waals surface area contributed by atoms with Crippen LogP contribution in [0.15, 0.2) is 53.5 Å². The van der Waals surface area contributed by atoms with E-state index in [1.54, 1.807) is 74.0 Å². The van der Waals surface area contributed by atoms with E-state index in [1.165, 1.54) is 0 Å². The molecule has 0 aromatic heterocycles. The van der Waals surface area contributed by atoms with E-state index in [2.05, 4.69) is 4.99 Å². The second-order valence-corrected chi connectivity index (χ2v) is 8.39. The van der Waals surface area contributed by atoms with Crippen molar-refractivity contribution in [2.45, 2.75) is 18.8 Å². The predicted molar refractivity (Wildman–Crippen MR) is 115 cm³/mol. The molecule has 146 valence electrons. The lowest BCUT2D eigenvalue weighted by Gasteiger charge is -2.14. The summed E-state index contributed by atoms with van der Waals surface area (Å²) in [4.78, 5) is 29.6. The first-order valence-electron chi connectivity index (χ1n) is 8.85. The summed E-state index contributed by atoms with van der Waals surface area (Å²) in [7, 11) is 1.56. The standard InChI is InChI=1S/C21H21NO4S2/c1-14(19(23)15-7-9-17(25-2)10-8-15)26-20(24)18-6-4-3-5-16(18)13-28-21-22-11-12-27-21/h3-10,14H,11-13H2,1-2H3/t14-/m0/s1. The molecule has 0 saturated carbocycles. The molecule has 0 N–H and O–H groups in total. The average molecular weight is 416 g/mol. The molecule has 0 spiro atoms. The molecule has 1 atom stereocenters. The second-order valence-electron chi connectivity index (χ2n) is 6.08. The van der Waals surface area contributed by atoms with Gasteiger partial charge in [0.1, 0.15) is 10.1 Å². The Hall–Kier alpha value is -2.25. The molecule has 1 aliphatic rings. The Morgan fingerprint density at radius 2 is 1.93 bits per heavy atom. The molecule has 2 aromatic carbocycles. The zero-order chi connectivity index (χ0) is 19.9. The van der Waals surface area contributed by atoms with Crippen molar-refractivity contribution < 1.29 is 19.1 Å². The van der Waals surface area contributed by atoms with E-state index in [-0.39, 0.29) is 5.78 Å². The van der Waals surface area contributed by atoms with Crippen LogP contribution in [0.3, 0.4) is 0 Å². The summed E-state index contributed by atoms with van der Waals surface area (Å²) in [6.45, 7) is 2.44. The number of methoxy groups -OCH3 is 1. The Kier molecular flexibility index (Phi) is 7.17. The van der Waals surface area contributed by atoms with Crippen molar-refractivity contribution in [3.05, 3.63) is 65.2 Å². The normalized spacial score (nSPS) is 14.3. The number of benzene rings is 2. The minimum atomic E-state index is -0.878. The molecule has 0 bridgehead atoms. The van der Waals surface area contributed by atoms with Gasteiger partial charge in [0.2, 0.25) is 5.78 Å². The predicted octanol–water partition coefficient (Wildman–Crippen LogP) is 4.46. The van der Waals surface area contributed by atoms with Gasteiger partial charge in [0.25, 0.3) is 0 Å². The van der Waals surface area contributed by atoms with Crippen LogP contribution in [0.5, 0.6) is 5.75 Å². The van der Waals surface area contributed by atoms with E-state index in [4.69, 9.17) is 9.47 Å². The van der Waals surface area contributed by atoms with Gasteiger partial charge in [0.15, 0.2) is 6.10 Å². The first-order valence-corrected chi connectivity index (χ1v) is 10.8. The van der Waals surface area contributed by atoms with Gasteiger partial charge in [-0.3, -0.25) is 9.79 Å². The Bertz CT molecular complexity index is 880. The zero-order valence-electron chi connectivity index (χ0n) is 15.7. The van der Waals surface area contributed by atoms with Crippen molar-refractivity contribution >= 4 is 39.7 Å². The molecule has 0 unspecified atom stereocenters. The number of thioether (sulfide) groups is 2. The maximum atomic E-state index is 12.7. The number of esters is 1. The number of hydrogen-bond acceptors (Lipinski definition) is 7. The number of rotatable bonds is 7. The SMILES string of the molecule is COc1ccc(C(=O)[C@H](C)OC(=O)c2ccccc2CSC2=NCCS2)cc1. The topological polar surface area (TPSA) is 65.0 Å². The van der Waals surface area contributed by atoms with Crippen molar-refractivity contribution in [2.24, 2.45) is 4.99 Å². The highest BCUT2D eigenvalue weighted by Crippen LogP contribution is 2.27. The number of carbonyl (C=O) groups excluding carboxylic acids is 2. The van der Waals surface area contributed by atoms with E-state index in [0.717, 1.165) is 22.2 Å². The van der Waals surface area contributed by atoms with Gasteiger partial charge >= 0.3 is 5.97 Å². The fourth-order valence-corrected chi connectivity index (χ4v) is 4.67. The van der Waals surface area contributed by atoms with Crippen molar-refractivity contribution in [2.75, 3.05) is 19.4 Å². The Labute approximate surface area is 172 Å². The van der Waals surface area contributed by atoms with E-state index < -0.39 is 12.1 Å². The van der Waals surface area contributed by atoms with Crippen molar-refractivity contribution in [1.82, 2.24) is 0 Å². The van der Waals surface area contributed by atoms with E-state index in [9.17, 15) is 9.59 Å². The van der Waals surface area contributed by atoms with E-state index in [0.29, 0.717) is 22.6 Å². The number of Topliss-reactive ketones (excluding diaryl/α,β-unsaturated/α-hetero) is 1.